The van der Waals surface area contributed by atoms with Gasteiger partial charge >= 0.3 is 0 Å². The molecule has 0 aliphatic heterocycles. The fourth-order valence-corrected chi connectivity index (χ4v) is 4.78. The highest BCUT2D eigenvalue weighted by atomic mass is 35.5. The number of halogens is 2. The topological polar surface area (TPSA) is 27.1 Å². The molecule has 0 N–H and O–H groups in total. The Bertz CT molecular complexity index is 645. The molecule has 0 bridgehead atoms. The molecular weight excluding hydrogens is 375 g/mol. The average Bonchev–Trinajstić information content (AvgIpc) is 3.14. The largest absolute Gasteiger partial charge is 0.371 e. The van der Waals surface area contributed by atoms with E-state index in [1.165, 1.54) is 32.1 Å². The molecule has 1 aromatic heterocycles. The second kappa shape index (κ2) is 9.86. The van der Waals surface area contributed by atoms with Crippen molar-refractivity contribution in [2.45, 2.75) is 56.6 Å². The Morgan fingerprint density at radius 1 is 1.20 bits per heavy atom. The fourth-order valence-electron chi connectivity index (χ4n) is 3.10. The molecule has 1 aromatic carbocycles. The summed E-state index contributed by atoms with van der Waals surface area (Å²) >= 11 is 14.2. The lowest BCUT2D eigenvalue weighted by atomic mass is 10.0. The van der Waals surface area contributed by atoms with Crippen LogP contribution in [0, 0.1) is 0 Å². The zero-order chi connectivity index (χ0) is 17.5. The Morgan fingerprint density at radius 3 is 2.76 bits per heavy atom. The van der Waals surface area contributed by atoms with Crippen molar-refractivity contribution in [3.63, 3.8) is 0 Å². The van der Waals surface area contributed by atoms with Crippen LogP contribution in [-0.4, -0.2) is 26.7 Å². The van der Waals surface area contributed by atoms with Gasteiger partial charge in [0.2, 0.25) is 0 Å². The third kappa shape index (κ3) is 6.21. The Morgan fingerprint density at radius 2 is 2.04 bits per heavy atom. The third-order valence-electron chi connectivity index (χ3n) is 4.51. The molecule has 1 atom stereocenters. The van der Waals surface area contributed by atoms with Gasteiger partial charge in [0.05, 0.1) is 35.6 Å². The summed E-state index contributed by atoms with van der Waals surface area (Å²) in [6, 6.07) is 5.67. The number of hydrogen-bond donors (Lipinski definition) is 0. The van der Waals surface area contributed by atoms with Crippen LogP contribution in [0.4, 0.5) is 0 Å². The van der Waals surface area contributed by atoms with E-state index in [1.807, 2.05) is 36.9 Å². The van der Waals surface area contributed by atoms with Gasteiger partial charge in [-0.25, -0.2) is 4.98 Å². The van der Waals surface area contributed by atoms with E-state index in [1.54, 1.807) is 0 Å². The molecule has 1 saturated carbocycles. The second-order valence-corrected chi connectivity index (χ2v) is 8.68. The van der Waals surface area contributed by atoms with E-state index in [9.17, 15) is 0 Å². The number of nitrogens with zero attached hydrogens (tertiary/aromatic N) is 2. The van der Waals surface area contributed by atoms with Crippen molar-refractivity contribution >= 4 is 35.0 Å². The molecule has 3 rings (SSSR count). The van der Waals surface area contributed by atoms with Crippen LogP contribution >= 0.6 is 35.0 Å². The molecule has 6 heteroatoms. The van der Waals surface area contributed by atoms with Crippen LogP contribution in [-0.2, 0) is 17.9 Å². The highest BCUT2D eigenvalue weighted by molar-refractivity contribution is 7.99. The first-order chi connectivity index (χ1) is 12.2. The lowest BCUT2D eigenvalue weighted by Crippen LogP contribution is -2.24. The average molecular weight is 399 g/mol. The number of imidazole rings is 1. The van der Waals surface area contributed by atoms with Gasteiger partial charge in [0.25, 0.3) is 0 Å². The predicted molar refractivity (Wildman–Crippen MR) is 107 cm³/mol. The summed E-state index contributed by atoms with van der Waals surface area (Å²) in [5.41, 5.74) is 1.05. The van der Waals surface area contributed by atoms with Crippen molar-refractivity contribution in [3.8, 4) is 0 Å². The number of hydrogen-bond acceptors (Lipinski definition) is 3. The predicted octanol–water partition coefficient (Wildman–Crippen LogP) is 5.84. The van der Waals surface area contributed by atoms with Crippen molar-refractivity contribution in [2.24, 2.45) is 0 Å². The van der Waals surface area contributed by atoms with Gasteiger partial charge in [0.15, 0.2) is 0 Å². The zero-order valence-corrected chi connectivity index (χ0v) is 16.6. The summed E-state index contributed by atoms with van der Waals surface area (Å²) in [6.45, 7) is 1.36. The van der Waals surface area contributed by atoms with Gasteiger partial charge in [-0.1, -0.05) is 48.5 Å². The van der Waals surface area contributed by atoms with E-state index in [4.69, 9.17) is 27.9 Å². The molecule has 136 valence electrons. The smallest absolute Gasteiger partial charge is 0.0946 e. The lowest BCUT2D eigenvalue weighted by Gasteiger charge is -2.24. The van der Waals surface area contributed by atoms with Gasteiger partial charge < -0.3 is 9.30 Å². The molecule has 0 radical (unpaired) electrons. The van der Waals surface area contributed by atoms with Crippen LogP contribution in [0.3, 0.4) is 0 Å². The van der Waals surface area contributed by atoms with Crippen LogP contribution < -0.4 is 0 Å². The van der Waals surface area contributed by atoms with Crippen molar-refractivity contribution in [2.75, 3.05) is 5.75 Å². The van der Waals surface area contributed by atoms with Crippen LogP contribution in [0.2, 0.25) is 10.0 Å². The SMILES string of the molecule is Clc1ccc(COC(CSC2CCCCC2)Cn2ccnc2)cc1Cl. The number of thioether (sulfide) groups is 1. The van der Waals surface area contributed by atoms with Crippen molar-refractivity contribution in [1.82, 2.24) is 9.55 Å². The normalized spacial score (nSPS) is 16.9. The van der Waals surface area contributed by atoms with E-state index in [-0.39, 0.29) is 6.10 Å². The maximum Gasteiger partial charge on any atom is 0.0946 e. The summed E-state index contributed by atoms with van der Waals surface area (Å²) in [4.78, 5) is 4.13. The number of aromatic nitrogens is 2. The van der Waals surface area contributed by atoms with Crippen LogP contribution in [0.1, 0.15) is 37.7 Å². The molecule has 1 fully saturated rings. The summed E-state index contributed by atoms with van der Waals surface area (Å²) in [5, 5.41) is 1.94. The Hall–Kier alpha value is -0.680. The Kier molecular flexibility index (Phi) is 7.53. The molecular formula is C19H24Cl2N2OS. The zero-order valence-electron chi connectivity index (χ0n) is 14.2. The first kappa shape index (κ1) is 19.1. The number of benzene rings is 1. The highest BCUT2D eigenvalue weighted by Gasteiger charge is 2.18. The van der Waals surface area contributed by atoms with E-state index >= 15 is 0 Å². The quantitative estimate of drug-likeness (QED) is 0.558. The first-order valence-corrected chi connectivity index (χ1v) is 10.6. The molecule has 0 amide bonds. The minimum atomic E-state index is 0.149. The molecule has 2 aromatic rings. The minimum absolute atomic E-state index is 0.149. The van der Waals surface area contributed by atoms with Crippen molar-refractivity contribution < 1.29 is 4.74 Å². The van der Waals surface area contributed by atoms with E-state index in [0.29, 0.717) is 16.7 Å². The van der Waals surface area contributed by atoms with E-state index in [2.05, 4.69) is 21.3 Å². The van der Waals surface area contributed by atoms with Crippen molar-refractivity contribution in [3.05, 3.63) is 52.5 Å². The summed E-state index contributed by atoms with van der Waals surface area (Å²) in [6.07, 6.45) is 12.6. The minimum Gasteiger partial charge on any atom is -0.371 e. The van der Waals surface area contributed by atoms with Crippen LogP contribution in [0.5, 0.6) is 0 Å². The van der Waals surface area contributed by atoms with Gasteiger partial charge in [-0.3, -0.25) is 0 Å². The lowest BCUT2D eigenvalue weighted by molar-refractivity contribution is 0.0449. The monoisotopic (exact) mass is 398 g/mol. The molecule has 3 nitrogen and oxygen atoms in total. The van der Waals surface area contributed by atoms with Gasteiger partial charge in [0, 0.05) is 23.4 Å². The molecule has 1 aliphatic carbocycles. The van der Waals surface area contributed by atoms with Gasteiger partial charge in [0.1, 0.15) is 0 Å². The fraction of sp³-hybridized carbons (Fsp3) is 0.526. The summed E-state index contributed by atoms with van der Waals surface area (Å²) in [7, 11) is 0. The van der Waals surface area contributed by atoms with Crippen molar-refractivity contribution in [1.29, 1.82) is 0 Å². The maximum absolute atomic E-state index is 6.22. The number of ether oxygens (including phenoxy) is 1. The van der Waals surface area contributed by atoms with Crippen LogP contribution in [0.25, 0.3) is 0 Å². The van der Waals surface area contributed by atoms with E-state index < -0.39 is 0 Å². The molecule has 0 spiro atoms. The third-order valence-corrected chi connectivity index (χ3v) is 6.76. The maximum atomic E-state index is 6.22. The van der Waals surface area contributed by atoms with E-state index in [0.717, 1.165) is 23.1 Å². The highest BCUT2D eigenvalue weighted by Crippen LogP contribution is 2.29. The molecule has 1 aliphatic rings. The molecule has 1 heterocycles. The standard InChI is InChI=1S/C19H24Cl2N2OS/c20-18-7-6-15(10-19(18)21)12-24-16(11-23-9-8-22-14-23)13-25-17-4-2-1-3-5-17/h6-10,14,16-17H,1-5,11-13H2. The Balaban J connectivity index is 1.55. The molecule has 25 heavy (non-hydrogen) atoms. The Labute approximate surface area is 164 Å². The van der Waals surface area contributed by atoms with Crippen LogP contribution in [0.15, 0.2) is 36.9 Å². The summed E-state index contributed by atoms with van der Waals surface area (Å²) < 4.78 is 8.30. The van der Waals surface area contributed by atoms with Gasteiger partial charge in [-0.15, -0.1) is 0 Å². The van der Waals surface area contributed by atoms with Gasteiger partial charge in [-0.2, -0.15) is 11.8 Å². The first-order valence-electron chi connectivity index (χ1n) is 8.83. The number of rotatable bonds is 8. The summed E-state index contributed by atoms with van der Waals surface area (Å²) in [5.74, 6) is 1.00. The second-order valence-electron chi connectivity index (χ2n) is 6.53. The molecule has 1 unspecified atom stereocenters. The molecule has 0 saturated heterocycles. The van der Waals surface area contributed by atoms with Gasteiger partial charge in [-0.05, 0) is 30.5 Å².